The predicted octanol–water partition coefficient (Wildman–Crippen LogP) is 1.80. The van der Waals surface area contributed by atoms with Gasteiger partial charge in [-0.05, 0) is 23.8 Å². The molecule has 1 amide bonds. The summed E-state index contributed by atoms with van der Waals surface area (Å²) in [6, 6.07) is 10.6. The van der Waals surface area contributed by atoms with Gasteiger partial charge < -0.3 is 15.8 Å². The average molecular weight is 257 g/mol. The van der Waals surface area contributed by atoms with Crippen LogP contribution in [0.5, 0.6) is 5.75 Å². The van der Waals surface area contributed by atoms with E-state index in [-0.39, 0.29) is 5.91 Å². The van der Waals surface area contributed by atoms with Crippen molar-refractivity contribution in [3.05, 3.63) is 53.7 Å². The SMILES string of the molecule is COc1ccccc1C(=O)Nc1ccc(CN)cn1. The monoisotopic (exact) mass is 257 g/mol. The normalized spacial score (nSPS) is 10.0. The number of carbonyl (C=O) groups is 1. The Balaban J connectivity index is 2.16. The highest BCUT2D eigenvalue weighted by molar-refractivity contribution is 6.05. The molecular weight excluding hydrogens is 242 g/mol. The number of methoxy groups -OCH3 is 1. The molecule has 0 saturated carbocycles. The minimum atomic E-state index is -0.259. The summed E-state index contributed by atoms with van der Waals surface area (Å²) >= 11 is 0. The molecule has 0 spiro atoms. The van der Waals surface area contributed by atoms with Crippen LogP contribution in [0.3, 0.4) is 0 Å². The van der Waals surface area contributed by atoms with Gasteiger partial charge in [0.1, 0.15) is 11.6 Å². The Labute approximate surface area is 111 Å². The fourth-order valence-electron chi connectivity index (χ4n) is 1.64. The Hall–Kier alpha value is -2.40. The lowest BCUT2D eigenvalue weighted by atomic mass is 10.2. The molecule has 2 rings (SSSR count). The molecule has 0 aliphatic carbocycles. The zero-order chi connectivity index (χ0) is 13.7. The van der Waals surface area contributed by atoms with Gasteiger partial charge in [0.15, 0.2) is 0 Å². The van der Waals surface area contributed by atoms with E-state index in [9.17, 15) is 4.79 Å². The highest BCUT2D eigenvalue weighted by atomic mass is 16.5. The van der Waals surface area contributed by atoms with Crippen LogP contribution in [0.1, 0.15) is 15.9 Å². The molecular formula is C14H15N3O2. The van der Waals surface area contributed by atoms with Crippen LogP contribution in [0.4, 0.5) is 5.82 Å². The van der Waals surface area contributed by atoms with Crippen LogP contribution in [0.25, 0.3) is 0 Å². The summed E-state index contributed by atoms with van der Waals surface area (Å²) < 4.78 is 5.14. The zero-order valence-electron chi connectivity index (χ0n) is 10.6. The molecule has 98 valence electrons. The Morgan fingerprint density at radius 3 is 2.74 bits per heavy atom. The van der Waals surface area contributed by atoms with E-state index in [0.717, 1.165) is 5.56 Å². The third kappa shape index (κ3) is 3.08. The van der Waals surface area contributed by atoms with E-state index >= 15 is 0 Å². The number of hydrogen-bond donors (Lipinski definition) is 2. The summed E-state index contributed by atoms with van der Waals surface area (Å²) in [5.41, 5.74) is 6.87. The second-order valence-corrected chi connectivity index (χ2v) is 3.91. The third-order valence-electron chi connectivity index (χ3n) is 2.65. The number of pyridine rings is 1. The lowest BCUT2D eigenvalue weighted by molar-refractivity contribution is 0.102. The first kappa shape index (κ1) is 13.0. The summed E-state index contributed by atoms with van der Waals surface area (Å²) in [6.07, 6.45) is 1.64. The maximum atomic E-state index is 12.1. The van der Waals surface area contributed by atoms with Crippen molar-refractivity contribution in [3.63, 3.8) is 0 Å². The largest absolute Gasteiger partial charge is 0.496 e. The number of benzene rings is 1. The molecule has 2 aromatic rings. The lowest BCUT2D eigenvalue weighted by Crippen LogP contribution is -2.14. The summed E-state index contributed by atoms with van der Waals surface area (Å²) in [4.78, 5) is 16.2. The van der Waals surface area contributed by atoms with Gasteiger partial charge in [-0.15, -0.1) is 0 Å². The number of para-hydroxylation sites is 1. The van der Waals surface area contributed by atoms with Crippen molar-refractivity contribution in [2.45, 2.75) is 6.54 Å². The predicted molar refractivity (Wildman–Crippen MR) is 73.1 cm³/mol. The molecule has 0 atom stereocenters. The topological polar surface area (TPSA) is 77.2 Å². The van der Waals surface area contributed by atoms with E-state index in [1.54, 1.807) is 30.5 Å². The Morgan fingerprint density at radius 2 is 2.11 bits per heavy atom. The molecule has 0 fully saturated rings. The zero-order valence-corrected chi connectivity index (χ0v) is 10.6. The van der Waals surface area contributed by atoms with Crippen molar-refractivity contribution in [1.82, 2.24) is 4.98 Å². The molecule has 1 aromatic carbocycles. The first-order valence-electron chi connectivity index (χ1n) is 5.84. The third-order valence-corrected chi connectivity index (χ3v) is 2.65. The van der Waals surface area contributed by atoms with Crippen LogP contribution < -0.4 is 15.8 Å². The molecule has 0 saturated heterocycles. The summed E-state index contributed by atoms with van der Waals surface area (Å²) in [5.74, 6) is 0.747. The van der Waals surface area contributed by atoms with Crippen molar-refractivity contribution in [2.75, 3.05) is 12.4 Å². The lowest BCUT2D eigenvalue weighted by Gasteiger charge is -2.08. The molecule has 0 aliphatic heterocycles. The molecule has 3 N–H and O–H groups in total. The molecule has 19 heavy (non-hydrogen) atoms. The Morgan fingerprint density at radius 1 is 1.32 bits per heavy atom. The van der Waals surface area contributed by atoms with Crippen molar-refractivity contribution in [3.8, 4) is 5.75 Å². The van der Waals surface area contributed by atoms with E-state index < -0.39 is 0 Å². The maximum absolute atomic E-state index is 12.1. The second kappa shape index (κ2) is 5.97. The van der Waals surface area contributed by atoms with Gasteiger partial charge in [0.05, 0.1) is 12.7 Å². The molecule has 1 aromatic heterocycles. The number of hydrogen-bond acceptors (Lipinski definition) is 4. The van der Waals surface area contributed by atoms with Gasteiger partial charge in [0.2, 0.25) is 0 Å². The van der Waals surface area contributed by atoms with Gasteiger partial charge in [0.25, 0.3) is 5.91 Å². The van der Waals surface area contributed by atoms with E-state index in [1.165, 1.54) is 7.11 Å². The minimum absolute atomic E-state index is 0.259. The molecule has 0 bridgehead atoms. The van der Waals surface area contributed by atoms with Crippen LogP contribution in [0.15, 0.2) is 42.6 Å². The van der Waals surface area contributed by atoms with Crippen LogP contribution in [0, 0.1) is 0 Å². The van der Waals surface area contributed by atoms with Gasteiger partial charge in [-0.2, -0.15) is 0 Å². The van der Waals surface area contributed by atoms with Crippen LogP contribution in [0.2, 0.25) is 0 Å². The highest BCUT2D eigenvalue weighted by Gasteiger charge is 2.11. The van der Waals surface area contributed by atoms with E-state index in [1.807, 2.05) is 12.1 Å². The number of rotatable bonds is 4. The van der Waals surface area contributed by atoms with Crippen molar-refractivity contribution in [2.24, 2.45) is 5.73 Å². The van der Waals surface area contributed by atoms with Gasteiger partial charge >= 0.3 is 0 Å². The maximum Gasteiger partial charge on any atom is 0.260 e. The molecule has 1 heterocycles. The minimum Gasteiger partial charge on any atom is -0.496 e. The van der Waals surface area contributed by atoms with Crippen molar-refractivity contribution in [1.29, 1.82) is 0 Å². The average Bonchev–Trinajstić information content (AvgIpc) is 2.48. The highest BCUT2D eigenvalue weighted by Crippen LogP contribution is 2.18. The van der Waals surface area contributed by atoms with Gasteiger partial charge in [-0.25, -0.2) is 4.98 Å². The standard InChI is InChI=1S/C14H15N3O2/c1-19-12-5-3-2-4-11(12)14(18)17-13-7-6-10(8-15)9-16-13/h2-7,9H,8,15H2,1H3,(H,16,17,18). The molecule has 0 radical (unpaired) electrons. The van der Waals surface area contributed by atoms with Crippen molar-refractivity contribution >= 4 is 11.7 Å². The smallest absolute Gasteiger partial charge is 0.260 e. The fraction of sp³-hybridized carbons (Fsp3) is 0.143. The Kier molecular flexibility index (Phi) is 4.10. The first-order chi connectivity index (χ1) is 9.24. The van der Waals surface area contributed by atoms with Crippen molar-refractivity contribution < 1.29 is 9.53 Å². The van der Waals surface area contributed by atoms with Gasteiger partial charge in [-0.3, -0.25) is 4.79 Å². The molecule has 5 nitrogen and oxygen atoms in total. The number of aromatic nitrogens is 1. The summed E-state index contributed by atoms with van der Waals surface area (Å²) in [5, 5.41) is 2.71. The number of amides is 1. The van der Waals surface area contributed by atoms with Crippen LogP contribution >= 0.6 is 0 Å². The first-order valence-corrected chi connectivity index (χ1v) is 5.84. The molecule has 0 aliphatic rings. The van der Waals surface area contributed by atoms with E-state index in [2.05, 4.69) is 10.3 Å². The summed E-state index contributed by atoms with van der Waals surface area (Å²) in [6.45, 7) is 0.424. The number of ether oxygens (including phenoxy) is 1. The van der Waals surface area contributed by atoms with Crippen LogP contribution in [-0.4, -0.2) is 18.0 Å². The van der Waals surface area contributed by atoms with E-state index in [4.69, 9.17) is 10.5 Å². The number of nitrogens with one attached hydrogen (secondary N) is 1. The molecule has 0 unspecified atom stereocenters. The number of nitrogens with zero attached hydrogens (tertiary/aromatic N) is 1. The van der Waals surface area contributed by atoms with Crippen LogP contribution in [-0.2, 0) is 6.54 Å². The molecule has 5 heteroatoms. The quantitative estimate of drug-likeness (QED) is 0.875. The second-order valence-electron chi connectivity index (χ2n) is 3.91. The Bertz CT molecular complexity index is 567. The summed E-state index contributed by atoms with van der Waals surface area (Å²) in [7, 11) is 1.53. The van der Waals surface area contributed by atoms with Gasteiger partial charge in [0, 0.05) is 12.7 Å². The van der Waals surface area contributed by atoms with E-state index in [0.29, 0.717) is 23.7 Å². The number of anilines is 1. The van der Waals surface area contributed by atoms with Gasteiger partial charge in [-0.1, -0.05) is 18.2 Å². The number of nitrogens with two attached hydrogens (primary N) is 1. The number of carbonyl (C=O) groups excluding carboxylic acids is 1. The fourth-order valence-corrected chi connectivity index (χ4v) is 1.64.